The van der Waals surface area contributed by atoms with Crippen molar-refractivity contribution in [1.82, 2.24) is 0 Å². The van der Waals surface area contributed by atoms with Crippen molar-refractivity contribution < 1.29 is 31.8 Å². The molecule has 2 aliphatic carbocycles. The van der Waals surface area contributed by atoms with Gasteiger partial charge in [0.1, 0.15) is 11.5 Å². The summed E-state index contributed by atoms with van der Waals surface area (Å²) in [5, 5.41) is 0. The Hall–Kier alpha value is -1.79. The number of carbonyl (C=O) groups excluding carboxylic acids is 1. The number of unbranched alkanes of at least 4 members (excludes halogenated alkanes) is 4. The van der Waals surface area contributed by atoms with E-state index in [4.69, 9.17) is 4.74 Å². The molecule has 0 unspecified atom stereocenters. The minimum Gasteiger partial charge on any atom is -0.428 e. The van der Waals surface area contributed by atoms with Crippen LogP contribution in [0.3, 0.4) is 0 Å². The van der Waals surface area contributed by atoms with Gasteiger partial charge in [0.25, 0.3) is 0 Å². The van der Waals surface area contributed by atoms with Crippen molar-refractivity contribution in [2.45, 2.75) is 109 Å². The minimum absolute atomic E-state index is 0.162. The van der Waals surface area contributed by atoms with Crippen LogP contribution in [0.25, 0.3) is 0 Å². The molecule has 0 heterocycles. The summed E-state index contributed by atoms with van der Waals surface area (Å²) in [6.45, 7) is 2.25. The number of halogens is 4. The number of esters is 1. The number of alkyl halides is 4. The highest BCUT2D eigenvalue weighted by molar-refractivity contribution is 5.75. The van der Waals surface area contributed by atoms with Gasteiger partial charge in [-0.25, -0.2) is 0 Å². The van der Waals surface area contributed by atoms with E-state index >= 15 is 0 Å². The average Bonchev–Trinajstić information content (AvgIpc) is 2.85. The SMILES string of the molecule is CCCCCCCC1CCC(C2CCC(C(=O)Oc3ccc(OC(F)(F)C(F)F)cc3)CC2)CC1. The molecule has 198 valence electrons. The molecule has 35 heavy (non-hydrogen) atoms. The second-order valence-corrected chi connectivity index (χ2v) is 10.5. The molecule has 0 saturated heterocycles. The van der Waals surface area contributed by atoms with E-state index in [0.29, 0.717) is 5.92 Å². The first kappa shape index (κ1) is 27.8. The lowest BCUT2D eigenvalue weighted by Gasteiger charge is -2.37. The zero-order valence-corrected chi connectivity index (χ0v) is 20.8. The summed E-state index contributed by atoms with van der Waals surface area (Å²) in [4.78, 5) is 12.6. The average molecular weight is 501 g/mol. The van der Waals surface area contributed by atoms with E-state index in [1.807, 2.05) is 0 Å². The molecule has 3 nitrogen and oxygen atoms in total. The Morgan fingerprint density at radius 2 is 1.40 bits per heavy atom. The monoisotopic (exact) mass is 500 g/mol. The lowest BCUT2D eigenvalue weighted by molar-refractivity contribution is -0.253. The molecule has 0 aromatic heterocycles. The quantitative estimate of drug-likeness (QED) is 0.124. The highest BCUT2D eigenvalue weighted by Gasteiger charge is 2.44. The predicted octanol–water partition coefficient (Wildman–Crippen LogP) is 8.80. The maximum absolute atomic E-state index is 13.0. The van der Waals surface area contributed by atoms with Crippen LogP contribution in [0.5, 0.6) is 11.5 Å². The third-order valence-electron chi connectivity index (χ3n) is 7.93. The van der Waals surface area contributed by atoms with Gasteiger partial charge in [0.05, 0.1) is 5.92 Å². The van der Waals surface area contributed by atoms with Gasteiger partial charge in [0.2, 0.25) is 0 Å². The second kappa shape index (κ2) is 13.5. The Bertz CT molecular complexity index is 752. The van der Waals surface area contributed by atoms with Crippen molar-refractivity contribution in [3.05, 3.63) is 24.3 Å². The normalized spacial score (nSPS) is 25.4. The largest absolute Gasteiger partial charge is 0.461 e. The number of carbonyl (C=O) groups is 1. The van der Waals surface area contributed by atoms with Crippen molar-refractivity contribution in [3.63, 3.8) is 0 Å². The molecule has 0 N–H and O–H groups in total. The molecule has 0 spiro atoms. The van der Waals surface area contributed by atoms with Gasteiger partial charge in [-0.15, -0.1) is 0 Å². The van der Waals surface area contributed by atoms with Gasteiger partial charge < -0.3 is 9.47 Å². The van der Waals surface area contributed by atoms with Gasteiger partial charge in [-0.1, -0.05) is 58.3 Å². The van der Waals surface area contributed by atoms with E-state index < -0.39 is 18.3 Å². The molecular weight excluding hydrogens is 460 g/mol. The number of ether oxygens (including phenoxy) is 2. The van der Waals surface area contributed by atoms with E-state index in [9.17, 15) is 22.4 Å². The fourth-order valence-corrected chi connectivity index (χ4v) is 5.79. The Kier molecular flexibility index (Phi) is 10.7. The molecule has 2 aliphatic rings. The third-order valence-corrected chi connectivity index (χ3v) is 7.93. The molecule has 2 fully saturated rings. The number of benzene rings is 1. The molecule has 0 atom stereocenters. The first-order valence-electron chi connectivity index (χ1n) is 13.4. The first-order chi connectivity index (χ1) is 16.8. The highest BCUT2D eigenvalue weighted by Crippen LogP contribution is 2.42. The van der Waals surface area contributed by atoms with Crippen molar-refractivity contribution in [1.29, 1.82) is 0 Å². The molecular formula is C28H40F4O3. The van der Waals surface area contributed by atoms with Gasteiger partial charge in [0.15, 0.2) is 0 Å². The molecule has 0 amide bonds. The van der Waals surface area contributed by atoms with Gasteiger partial charge in [-0.05, 0) is 80.5 Å². The van der Waals surface area contributed by atoms with E-state index in [1.165, 1.54) is 76.3 Å². The van der Waals surface area contributed by atoms with Crippen LogP contribution in [0.15, 0.2) is 24.3 Å². The van der Waals surface area contributed by atoms with Crippen LogP contribution in [0.1, 0.15) is 96.8 Å². The van der Waals surface area contributed by atoms with Gasteiger partial charge in [-0.2, -0.15) is 17.6 Å². The summed E-state index contributed by atoms with van der Waals surface area (Å²) in [7, 11) is 0. The molecule has 1 aromatic rings. The van der Waals surface area contributed by atoms with Crippen LogP contribution >= 0.6 is 0 Å². The summed E-state index contributed by atoms with van der Waals surface area (Å²) in [6, 6.07) is 4.75. The molecule has 3 rings (SSSR count). The smallest absolute Gasteiger partial charge is 0.428 e. The van der Waals surface area contributed by atoms with Crippen LogP contribution in [0.2, 0.25) is 0 Å². The zero-order chi connectivity index (χ0) is 25.3. The molecule has 1 aromatic carbocycles. The fraction of sp³-hybridized carbons (Fsp3) is 0.750. The zero-order valence-electron chi connectivity index (χ0n) is 20.8. The van der Waals surface area contributed by atoms with Gasteiger partial charge in [-0.3, -0.25) is 4.79 Å². The Morgan fingerprint density at radius 3 is 1.97 bits per heavy atom. The number of hydrogen-bond donors (Lipinski definition) is 0. The fourth-order valence-electron chi connectivity index (χ4n) is 5.79. The van der Waals surface area contributed by atoms with Crippen LogP contribution in [-0.2, 0) is 4.79 Å². The van der Waals surface area contributed by atoms with E-state index in [-0.39, 0.29) is 17.6 Å². The molecule has 2 saturated carbocycles. The summed E-state index contributed by atoms with van der Waals surface area (Å²) in [5.74, 6) is 1.67. The van der Waals surface area contributed by atoms with Crippen LogP contribution in [-0.4, -0.2) is 18.5 Å². The van der Waals surface area contributed by atoms with Crippen molar-refractivity contribution in [2.75, 3.05) is 0 Å². The molecule has 7 heteroatoms. The minimum atomic E-state index is -4.57. The van der Waals surface area contributed by atoms with E-state index in [1.54, 1.807) is 0 Å². The summed E-state index contributed by atoms with van der Waals surface area (Å²) < 4.78 is 59.9. The lowest BCUT2D eigenvalue weighted by Crippen LogP contribution is -2.33. The molecule has 0 bridgehead atoms. The topological polar surface area (TPSA) is 35.5 Å². The first-order valence-corrected chi connectivity index (χ1v) is 13.4. The predicted molar refractivity (Wildman–Crippen MR) is 128 cm³/mol. The van der Waals surface area contributed by atoms with Crippen LogP contribution < -0.4 is 9.47 Å². The Labute approximate surface area is 206 Å². The summed E-state index contributed by atoms with van der Waals surface area (Å²) >= 11 is 0. The molecule has 0 aliphatic heterocycles. The second-order valence-electron chi connectivity index (χ2n) is 10.5. The lowest BCUT2D eigenvalue weighted by atomic mass is 9.68. The van der Waals surface area contributed by atoms with Crippen LogP contribution in [0, 0.1) is 23.7 Å². The van der Waals surface area contributed by atoms with Gasteiger partial charge in [0, 0.05) is 0 Å². The number of hydrogen-bond acceptors (Lipinski definition) is 3. The number of rotatable bonds is 12. The van der Waals surface area contributed by atoms with Gasteiger partial charge >= 0.3 is 18.5 Å². The van der Waals surface area contributed by atoms with Crippen molar-refractivity contribution >= 4 is 5.97 Å². The maximum Gasteiger partial charge on any atom is 0.461 e. The maximum atomic E-state index is 13.0. The van der Waals surface area contributed by atoms with E-state index in [2.05, 4.69) is 11.7 Å². The van der Waals surface area contributed by atoms with Crippen molar-refractivity contribution in [3.8, 4) is 11.5 Å². The van der Waals surface area contributed by atoms with Crippen LogP contribution in [0.4, 0.5) is 17.6 Å². The highest BCUT2D eigenvalue weighted by atomic mass is 19.3. The summed E-state index contributed by atoms with van der Waals surface area (Å²) in [6.07, 6.45) is 8.71. The van der Waals surface area contributed by atoms with Crippen molar-refractivity contribution in [2.24, 2.45) is 23.7 Å². The third kappa shape index (κ3) is 8.68. The Balaban J connectivity index is 1.35. The summed E-state index contributed by atoms with van der Waals surface area (Å²) in [5.41, 5.74) is 0. The van der Waals surface area contributed by atoms with E-state index in [0.717, 1.165) is 49.7 Å². The Morgan fingerprint density at radius 1 is 0.857 bits per heavy atom. The molecule has 0 radical (unpaired) electrons. The standard InChI is InChI=1S/C28H40F4O3/c1-2-3-4-5-6-7-20-8-10-21(11-9-20)22-12-14-23(15-13-22)26(33)34-24-16-18-25(19-17-24)35-28(31,32)27(29)30/h16-23,27H,2-15H2,1H3.